The van der Waals surface area contributed by atoms with E-state index in [0.717, 1.165) is 0 Å². The Kier molecular flexibility index (Phi) is 2.58. The zero-order valence-electron chi connectivity index (χ0n) is 8.33. The van der Waals surface area contributed by atoms with Gasteiger partial charge in [-0.15, -0.1) is 0 Å². The third kappa shape index (κ3) is 1.79. The van der Waals surface area contributed by atoms with Crippen molar-refractivity contribution < 1.29 is 18.7 Å². The summed E-state index contributed by atoms with van der Waals surface area (Å²) >= 11 is 0. The number of esters is 1. The number of hydrogen-bond donors (Lipinski definition) is 0. The van der Waals surface area contributed by atoms with Gasteiger partial charge >= 0.3 is 5.97 Å². The van der Waals surface area contributed by atoms with Crippen LogP contribution in [-0.4, -0.2) is 18.7 Å². The van der Waals surface area contributed by atoms with Crippen LogP contribution < -0.4 is 4.74 Å². The monoisotopic (exact) mass is 210 g/mol. The lowest BCUT2D eigenvalue weighted by Gasteiger charge is -2.08. The molecule has 0 aromatic heterocycles. The quantitative estimate of drug-likeness (QED) is 0.697. The van der Waals surface area contributed by atoms with Gasteiger partial charge < -0.3 is 9.47 Å². The first-order valence-corrected chi connectivity index (χ1v) is 4.83. The number of benzene rings is 1. The summed E-state index contributed by atoms with van der Waals surface area (Å²) in [5.74, 6) is -0.692. The highest BCUT2D eigenvalue weighted by Crippen LogP contribution is 2.31. The highest BCUT2D eigenvalue weighted by atomic mass is 19.1. The zero-order valence-corrected chi connectivity index (χ0v) is 8.33. The van der Waals surface area contributed by atoms with E-state index in [2.05, 4.69) is 0 Å². The van der Waals surface area contributed by atoms with E-state index in [1.165, 1.54) is 6.07 Å². The van der Waals surface area contributed by atoms with Gasteiger partial charge in [0.2, 0.25) is 0 Å². The van der Waals surface area contributed by atoms with E-state index in [1.807, 2.05) is 0 Å². The van der Waals surface area contributed by atoms with E-state index >= 15 is 0 Å². The Morgan fingerprint density at radius 1 is 1.67 bits per heavy atom. The summed E-state index contributed by atoms with van der Waals surface area (Å²) in [6.45, 7) is 2.03. The average molecular weight is 210 g/mol. The predicted molar refractivity (Wildman–Crippen MR) is 51.2 cm³/mol. The molecule has 0 radical (unpaired) electrons. The molecule has 2 rings (SSSR count). The van der Waals surface area contributed by atoms with Gasteiger partial charge in [0.1, 0.15) is 0 Å². The van der Waals surface area contributed by atoms with Crippen LogP contribution >= 0.6 is 0 Å². The molecular formula is C11H11FO3. The van der Waals surface area contributed by atoms with Crippen molar-refractivity contribution in [1.29, 1.82) is 0 Å². The first-order valence-electron chi connectivity index (χ1n) is 4.83. The van der Waals surface area contributed by atoms with Crippen molar-refractivity contribution >= 4 is 5.97 Å². The van der Waals surface area contributed by atoms with E-state index < -0.39 is 17.9 Å². The number of rotatable bonds is 2. The maximum absolute atomic E-state index is 13.2. The van der Waals surface area contributed by atoms with Crippen LogP contribution in [0.25, 0.3) is 0 Å². The van der Waals surface area contributed by atoms with E-state index in [0.29, 0.717) is 18.6 Å². The molecule has 0 saturated carbocycles. The first-order chi connectivity index (χ1) is 7.22. The maximum atomic E-state index is 13.2. The van der Waals surface area contributed by atoms with E-state index in [9.17, 15) is 9.18 Å². The molecule has 0 fully saturated rings. The summed E-state index contributed by atoms with van der Waals surface area (Å²) in [5.41, 5.74) is 0.716. The number of fused-ring (bicyclic) bond motifs is 1. The van der Waals surface area contributed by atoms with Crippen molar-refractivity contribution in [3.63, 3.8) is 0 Å². The van der Waals surface area contributed by atoms with Gasteiger partial charge in [-0.3, -0.25) is 0 Å². The Morgan fingerprint density at radius 3 is 3.13 bits per heavy atom. The van der Waals surface area contributed by atoms with Crippen molar-refractivity contribution in [3.05, 3.63) is 29.6 Å². The smallest absolute Gasteiger partial charge is 0.347 e. The second kappa shape index (κ2) is 3.88. The Hall–Kier alpha value is -1.58. The SMILES string of the molecule is CCOC(=O)C1Cc2cccc(F)c2O1. The molecule has 15 heavy (non-hydrogen) atoms. The van der Waals surface area contributed by atoms with Crippen LogP contribution in [0.5, 0.6) is 5.75 Å². The highest BCUT2D eigenvalue weighted by Gasteiger charge is 2.31. The molecule has 1 unspecified atom stereocenters. The minimum absolute atomic E-state index is 0.176. The Bertz CT molecular complexity index is 389. The number of para-hydroxylation sites is 1. The number of ether oxygens (including phenoxy) is 2. The predicted octanol–water partition coefficient (Wildman–Crippen LogP) is 1.69. The molecule has 1 aromatic carbocycles. The molecule has 0 spiro atoms. The van der Waals surface area contributed by atoms with Crippen LogP contribution in [0.4, 0.5) is 4.39 Å². The Morgan fingerprint density at radius 2 is 2.47 bits per heavy atom. The summed E-state index contributed by atoms with van der Waals surface area (Å²) in [4.78, 5) is 11.4. The van der Waals surface area contributed by atoms with Gasteiger partial charge in [-0.1, -0.05) is 12.1 Å². The number of carbonyl (C=O) groups is 1. The van der Waals surface area contributed by atoms with Crippen LogP contribution in [0.15, 0.2) is 18.2 Å². The molecule has 1 atom stereocenters. The molecular weight excluding hydrogens is 199 g/mol. The van der Waals surface area contributed by atoms with Crippen LogP contribution in [0.3, 0.4) is 0 Å². The fourth-order valence-electron chi connectivity index (χ4n) is 1.60. The number of hydrogen-bond acceptors (Lipinski definition) is 3. The van der Waals surface area contributed by atoms with Crippen molar-refractivity contribution in [3.8, 4) is 5.75 Å². The summed E-state index contributed by atoms with van der Waals surface area (Å²) in [5, 5.41) is 0. The van der Waals surface area contributed by atoms with Gasteiger partial charge in [-0.2, -0.15) is 0 Å². The second-order valence-corrected chi connectivity index (χ2v) is 3.29. The van der Waals surface area contributed by atoms with Crippen LogP contribution in [0.1, 0.15) is 12.5 Å². The number of carbonyl (C=O) groups excluding carboxylic acids is 1. The first kappa shape index (κ1) is 9.96. The van der Waals surface area contributed by atoms with Crippen molar-refractivity contribution in [2.24, 2.45) is 0 Å². The standard InChI is InChI=1S/C11H11FO3/c1-2-14-11(13)9-6-7-4-3-5-8(12)10(7)15-9/h3-5,9H,2,6H2,1H3. The van der Waals surface area contributed by atoms with E-state index in [4.69, 9.17) is 9.47 Å². The van der Waals surface area contributed by atoms with Gasteiger partial charge in [-0.05, 0) is 13.0 Å². The Balaban J connectivity index is 2.15. The summed E-state index contributed by atoms with van der Waals surface area (Å²) < 4.78 is 23.2. The van der Waals surface area contributed by atoms with Gasteiger partial charge in [-0.25, -0.2) is 9.18 Å². The molecule has 0 saturated heterocycles. The molecule has 0 N–H and O–H groups in total. The van der Waals surface area contributed by atoms with Crippen LogP contribution in [-0.2, 0) is 16.0 Å². The number of halogens is 1. The molecule has 1 aliphatic rings. The molecule has 1 aliphatic heterocycles. The summed E-state index contributed by atoms with van der Waals surface area (Å²) in [6, 6.07) is 4.66. The molecule has 0 amide bonds. The minimum Gasteiger partial charge on any atom is -0.475 e. The minimum atomic E-state index is -0.697. The third-order valence-corrected chi connectivity index (χ3v) is 2.26. The second-order valence-electron chi connectivity index (χ2n) is 3.29. The van der Waals surface area contributed by atoms with Crippen molar-refractivity contribution in [1.82, 2.24) is 0 Å². The van der Waals surface area contributed by atoms with Gasteiger partial charge in [0.15, 0.2) is 17.7 Å². The van der Waals surface area contributed by atoms with Gasteiger partial charge in [0, 0.05) is 12.0 Å². The molecule has 0 bridgehead atoms. The highest BCUT2D eigenvalue weighted by molar-refractivity contribution is 5.76. The van der Waals surface area contributed by atoms with Gasteiger partial charge in [0.05, 0.1) is 6.61 Å². The van der Waals surface area contributed by atoms with Crippen LogP contribution in [0.2, 0.25) is 0 Å². The molecule has 0 aliphatic carbocycles. The molecule has 80 valence electrons. The molecule has 1 heterocycles. The van der Waals surface area contributed by atoms with Gasteiger partial charge in [0.25, 0.3) is 0 Å². The lowest BCUT2D eigenvalue weighted by Crippen LogP contribution is -2.27. The largest absolute Gasteiger partial charge is 0.475 e. The molecule has 4 heteroatoms. The molecule has 1 aromatic rings. The van der Waals surface area contributed by atoms with E-state index in [1.54, 1.807) is 19.1 Å². The van der Waals surface area contributed by atoms with Crippen molar-refractivity contribution in [2.45, 2.75) is 19.4 Å². The van der Waals surface area contributed by atoms with Crippen LogP contribution in [0, 0.1) is 5.82 Å². The van der Waals surface area contributed by atoms with E-state index in [-0.39, 0.29) is 5.75 Å². The third-order valence-electron chi connectivity index (χ3n) is 2.26. The lowest BCUT2D eigenvalue weighted by molar-refractivity contribution is -0.150. The zero-order chi connectivity index (χ0) is 10.8. The summed E-state index contributed by atoms with van der Waals surface area (Å²) in [6.07, 6.45) is -0.316. The average Bonchev–Trinajstić information content (AvgIpc) is 2.63. The molecule has 3 nitrogen and oxygen atoms in total. The lowest BCUT2D eigenvalue weighted by atomic mass is 10.1. The fourth-order valence-corrected chi connectivity index (χ4v) is 1.60. The summed E-state index contributed by atoms with van der Waals surface area (Å²) in [7, 11) is 0. The maximum Gasteiger partial charge on any atom is 0.347 e. The normalized spacial score (nSPS) is 18.1. The fraction of sp³-hybridized carbons (Fsp3) is 0.364. The topological polar surface area (TPSA) is 35.5 Å². The Labute approximate surface area is 86.8 Å². The van der Waals surface area contributed by atoms with Crippen molar-refractivity contribution in [2.75, 3.05) is 6.61 Å².